The van der Waals surface area contributed by atoms with Gasteiger partial charge in [-0.3, -0.25) is 0 Å². The Morgan fingerprint density at radius 1 is 0.905 bits per heavy atom. The summed E-state index contributed by atoms with van der Waals surface area (Å²) >= 11 is 0. The van der Waals surface area contributed by atoms with Gasteiger partial charge in [0.05, 0.1) is 0 Å². The molecule has 0 heterocycles. The van der Waals surface area contributed by atoms with Gasteiger partial charge in [-0.25, -0.2) is 0 Å². The maximum absolute atomic E-state index is 6.87. The molecule has 0 radical (unpaired) electrons. The molecular formula is C19H36N2. The minimum Gasteiger partial charge on any atom is -0.326 e. The van der Waals surface area contributed by atoms with E-state index in [2.05, 4.69) is 13.8 Å². The number of unbranched alkanes of at least 4 members (excludes halogenated alkanes) is 3. The number of hydrogen-bond donors (Lipinski definition) is 2. The summed E-state index contributed by atoms with van der Waals surface area (Å²) in [7, 11) is 0. The van der Waals surface area contributed by atoms with E-state index in [0.29, 0.717) is 10.8 Å². The molecule has 4 bridgehead atoms. The molecule has 4 rings (SSSR count). The van der Waals surface area contributed by atoms with Crippen LogP contribution in [0.15, 0.2) is 0 Å². The Morgan fingerprint density at radius 2 is 1.71 bits per heavy atom. The third kappa shape index (κ3) is 2.57. The summed E-state index contributed by atoms with van der Waals surface area (Å²) in [6, 6.07) is 0.255. The molecule has 21 heavy (non-hydrogen) atoms. The van der Waals surface area contributed by atoms with Crippen molar-refractivity contribution in [2.75, 3.05) is 0 Å². The average Bonchev–Trinajstić information content (AvgIpc) is 2.40. The van der Waals surface area contributed by atoms with Crippen molar-refractivity contribution in [3.63, 3.8) is 0 Å². The molecule has 2 heteroatoms. The zero-order valence-electron chi connectivity index (χ0n) is 14.3. The van der Waals surface area contributed by atoms with Crippen molar-refractivity contribution in [1.82, 2.24) is 0 Å². The highest BCUT2D eigenvalue weighted by Crippen LogP contribution is 2.67. The molecule has 5 atom stereocenters. The smallest absolute Gasteiger partial charge is 0.0321 e. The van der Waals surface area contributed by atoms with Crippen LogP contribution in [-0.4, -0.2) is 11.6 Å². The van der Waals surface area contributed by atoms with Gasteiger partial charge in [0.25, 0.3) is 0 Å². The summed E-state index contributed by atoms with van der Waals surface area (Å²) in [5, 5.41) is 0. The van der Waals surface area contributed by atoms with Crippen LogP contribution in [0.4, 0.5) is 0 Å². The number of rotatable bonds is 7. The molecule has 4 aliphatic carbocycles. The van der Waals surface area contributed by atoms with Gasteiger partial charge >= 0.3 is 0 Å². The summed E-state index contributed by atoms with van der Waals surface area (Å²) in [6.07, 6.45) is 16.2. The van der Waals surface area contributed by atoms with Crippen molar-refractivity contribution in [2.24, 2.45) is 28.2 Å². The molecule has 5 unspecified atom stereocenters. The van der Waals surface area contributed by atoms with Crippen molar-refractivity contribution in [2.45, 2.75) is 102 Å². The minimum atomic E-state index is -0.0423. The maximum Gasteiger partial charge on any atom is 0.0321 e. The van der Waals surface area contributed by atoms with Gasteiger partial charge in [-0.05, 0) is 61.7 Å². The zero-order chi connectivity index (χ0) is 15.1. The predicted molar refractivity (Wildman–Crippen MR) is 90.0 cm³/mol. The molecule has 122 valence electrons. The van der Waals surface area contributed by atoms with Crippen LogP contribution in [0.1, 0.15) is 90.9 Å². The summed E-state index contributed by atoms with van der Waals surface area (Å²) in [4.78, 5) is 0. The fourth-order valence-electron chi connectivity index (χ4n) is 6.87. The van der Waals surface area contributed by atoms with Crippen LogP contribution in [0, 0.1) is 16.7 Å². The third-order valence-corrected chi connectivity index (χ3v) is 7.10. The monoisotopic (exact) mass is 292 g/mol. The summed E-state index contributed by atoms with van der Waals surface area (Å²) in [6.45, 7) is 4.62. The van der Waals surface area contributed by atoms with Gasteiger partial charge in [-0.2, -0.15) is 0 Å². The molecule has 4 aliphatic rings. The first-order valence-corrected chi connectivity index (χ1v) is 9.52. The van der Waals surface area contributed by atoms with E-state index >= 15 is 0 Å². The van der Waals surface area contributed by atoms with Crippen molar-refractivity contribution in [1.29, 1.82) is 0 Å². The lowest BCUT2D eigenvalue weighted by atomic mass is 9.39. The summed E-state index contributed by atoms with van der Waals surface area (Å²) in [5.74, 6) is 0.870. The Bertz CT molecular complexity index is 382. The molecule has 4 N–H and O–H groups in total. The van der Waals surface area contributed by atoms with Gasteiger partial charge < -0.3 is 11.5 Å². The molecule has 0 spiro atoms. The third-order valence-electron chi connectivity index (χ3n) is 7.10. The van der Waals surface area contributed by atoms with Gasteiger partial charge in [0.2, 0.25) is 0 Å². The van der Waals surface area contributed by atoms with Gasteiger partial charge in [-0.1, -0.05) is 46.0 Å². The molecule has 4 fully saturated rings. The molecule has 4 saturated carbocycles. The van der Waals surface area contributed by atoms with Crippen molar-refractivity contribution < 1.29 is 0 Å². The van der Waals surface area contributed by atoms with Crippen LogP contribution in [0.25, 0.3) is 0 Å². The molecular weight excluding hydrogens is 256 g/mol. The normalized spacial score (nSPS) is 48.0. The highest BCUT2D eigenvalue weighted by molar-refractivity contribution is 5.21. The largest absolute Gasteiger partial charge is 0.326 e. The molecule has 0 aliphatic heterocycles. The first-order chi connectivity index (χ1) is 9.98. The number of nitrogens with two attached hydrogens (primary N) is 2. The molecule has 0 aromatic carbocycles. The molecule has 0 aromatic rings. The molecule has 0 amide bonds. The Labute approximate surface area is 131 Å². The standard InChI is InChI=1S/C19H36N2/c1-3-5-6-7-9-17-10-15-11-18(13-17,8-4-2)16(20)19(21,12-15)14-17/h15-16H,3-14,20-21H2,1-2H3. The van der Waals surface area contributed by atoms with E-state index in [1.165, 1.54) is 77.0 Å². The molecule has 0 aromatic heterocycles. The lowest BCUT2D eigenvalue weighted by Gasteiger charge is -2.69. The predicted octanol–water partition coefficient (Wildman–Crippen LogP) is 4.36. The van der Waals surface area contributed by atoms with Crippen LogP contribution >= 0.6 is 0 Å². The Balaban J connectivity index is 1.78. The van der Waals surface area contributed by atoms with Gasteiger partial charge in [0.15, 0.2) is 0 Å². The second kappa shape index (κ2) is 5.53. The van der Waals surface area contributed by atoms with E-state index in [9.17, 15) is 0 Å². The fraction of sp³-hybridized carbons (Fsp3) is 1.00. The fourth-order valence-corrected chi connectivity index (χ4v) is 6.87. The average molecular weight is 293 g/mol. The lowest BCUT2D eigenvalue weighted by Crippen LogP contribution is -2.75. The number of hydrogen-bond acceptors (Lipinski definition) is 2. The van der Waals surface area contributed by atoms with E-state index in [0.717, 1.165) is 5.92 Å². The second-order valence-corrected chi connectivity index (χ2v) is 8.97. The SMILES string of the molecule is CCCCCCC12CC3CC(N)(C1)C(N)C(CCC)(C3)C2. The quantitative estimate of drug-likeness (QED) is 0.685. The Morgan fingerprint density at radius 3 is 2.43 bits per heavy atom. The van der Waals surface area contributed by atoms with Crippen LogP contribution < -0.4 is 11.5 Å². The lowest BCUT2D eigenvalue weighted by molar-refractivity contribution is -0.143. The zero-order valence-corrected chi connectivity index (χ0v) is 14.3. The topological polar surface area (TPSA) is 52.0 Å². The van der Waals surface area contributed by atoms with Gasteiger partial charge in [-0.15, -0.1) is 0 Å². The van der Waals surface area contributed by atoms with Crippen LogP contribution in [0.5, 0.6) is 0 Å². The van der Waals surface area contributed by atoms with E-state index < -0.39 is 0 Å². The Kier molecular flexibility index (Phi) is 4.16. The minimum absolute atomic E-state index is 0.0423. The Hall–Kier alpha value is -0.0800. The van der Waals surface area contributed by atoms with Gasteiger partial charge in [0, 0.05) is 11.6 Å². The van der Waals surface area contributed by atoms with E-state index in [4.69, 9.17) is 11.5 Å². The molecule has 2 nitrogen and oxygen atoms in total. The van der Waals surface area contributed by atoms with Crippen molar-refractivity contribution >= 4 is 0 Å². The maximum atomic E-state index is 6.87. The first-order valence-electron chi connectivity index (χ1n) is 9.52. The first kappa shape index (κ1) is 15.8. The molecule has 0 saturated heterocycles. The highest BCUT2D eigenvalue weighted by atomic mass is 14.9. The summed E-state index contributed by atoms with van der Waals surface area (Å²) in [5.41, 5.74) is 14.5. The second-order valence-electron chi connectivity index (χ2n) is 8.97. The van der Waals surface area contributed by atoms with Crippen LogP contribution in [0.3, 0.4) is 0 Å². The van der Waals surface area contributed by atoms with E-state index in [-0.39, 0.29) is 11.6 Å². The van der Waals surface area contributed by atoms with Crippen molar-refractivity contribution in [3.8, 4) is 0 Å². The van der Waals surface area contributed by atoms with Crippen molar-refractivity contribution in [3.05, 3.63) is 0 Å². The van der Waals surface area contributed by atoms with E-state index in [1.807, 2.05) is 0 Å². The summed E-state index contributed by atoms with van der Waals surface area (Å²) < 4.78 is 0. The van der Waals surface area contributed by atoms with Crippen LogP contribution in [0.2, 0.25) is 0 Å². The highest BCUT2D eigenvalue weighted by Gasteiger charge is 2.65. The van der Waals surface area contributed by atoms with Crippen LogP contribution in [-0.2, 0) is 0 Å². The van der Waals surface area contributed by atoms with E-state index in [1.54, 1.807) is 0 Å². The van der Waals surface area contributed by atoms with Gasteiger partial charge in [0.1, 0.15) is 0 Å².